The van der Waals surface area contributed by atoms with Crippen LogP contribution in [-0.4, -0.2) is 41.1 Å². The van der Waals surface area contributed by atoms with E-state index in [1.807, 2.05) is 33.0 Å². The second kappa shape index (κ2) is 5.60. The number of nitriles is 1. The van der Waals surface area contributed by atoms with Gasteiger partial charge in [-0.3, -0.25) is 0 Å². The Morgan fingerprint density at radius 3 is 2.64 bits per heavy atom. The third-order valence-electron chi connectivity index (χ3n) is 3.92. The van der Waals surface area contributed by atoms with Crippen LogP contribution in [0.3, 0.4) is 0 Å². The Labute approximate surface area is 130 Å². The molecule has 0 unspecified atom stereocenters. The van der Waals surface area contributed by atoms with Crippen LogP contribution in [0.5, 0.6) is 0 Å². The van der Waals surface area contributed by atoms with Gasteiger partial charge in [0.25, 0.3) is 0 Å². The van der Waals surface area contributed by atoms with Crippen LogP contribution >= 0.6 is 0 Å². The summed E-state index contributed by atoms with van der Waals surface area (Å²) in [6.07, 6.45) is 1.61. The summed E-state index contributed by atoms with van der Waals surface area (Å²) in [5.41, 5.74) is 1.58. The van der Waals surface area contributed by atoms with Gasteiger partial charge in [-0.05, 0) is 26.0 Å². The second-order valence-corrected chi connectivity index (χ2v) is 5.60. The van der Waals surface area contributed by atoms with Gasteiger partial charge in [0.15, 0.2) is 0 Å². The maximum atomic E-state index is 8.82. The Balaban J connectivity index is 1.66. The highest BCUT2D eigenvalue weighted by Crippen LogP contribution is 2.24. The van der Waals surface area contributed by atoms with Gasteiger partial charge in [-0.25, -0.2) is 15.0 Å². The lowest BCUT2D eigenvalue weighted by molar-refractivity contribution is 0.488. The molecule has 6 nitrogen and oxygen atoms in total. The Kier molecular flexibility index (Phi) is 3.63. The standard InChI is InChI=1S/C16H18N6/c1-11-6-16(20-12(2)19-11)22-9-14(10-22)21(3)15-5-4-13(7-17)8-18-15/h4-6,8,14H,9-10H2,1-3H3. The molecule has 112 valence electrons. The first-order valence-corrected chi connectivity index (χ1v) is 7.23. The predicted octanol–water partition coefficient (Wildman–Crippen LogP) is 1.69. The van der Waals surface area contributed by atoms with Gasteiger partial charge in [0, 0.05) is 38.1 Å². The van der Waals surface area contributed by atoms with Crippen molar-refractivity contribution < 1.29 is 0 Å². The molecule has 0 aliphatic carbocycles. The maximum absolute atomic E-state index is 8.82. The summed E-state index contributed by atoms with van der Waals surface area (Å²) >= 11 is 0. The number of likely N-dealkylation sites (N-methyl/N-ethyl adjacent to an activating group) is 1. The van der Waals surface area contributed by atoms with Gasteiger partial charge >= 0.3 is 0 Å². The van der Waals surface area contributed by atoms with Gasteiger partial charge < -0.3 is 9.80 Å². The van der Waals surface area contributed by atoms with E-state index in [9.17, 15) is 0 Å². The van der Waals surface area contributed by atoms with E-state index < -0.39 is 0 Å². The molecule has 0 atom stereocenters. The van der Waals surface area contributed by atoms with Crippen LogP contribution in [-0.2, 0) is 0 Å². The van der Waals surface area contributed by atoms with Crippen molar-refractivity contribution in [1.29, 1.82) is 5.26 Å². The second-order valence-electron chi connectivity index (χ2n) is 5.60. The molecule has 0 bridgehead atoms. The highest BCUT2D eigenvalue weighted by Gasteiger charge is 2.31. The molecule has 2 aromatic heterocycles. The van der Waals surface area contributed by atoms with Crippen molar-refractivity contribution in [3.8, 4) is 6.07 Å². The lowest BCUT2D eigenvalue weighted by Gasteiger charge is -2.45. The van der Waals surface area contributed by atoms with Gasteiger partial charge in [0.2, 0.25) is 0 Å². The molecular formula is C16H18N6. The molecule has 3 heterocycles. The first-order valence-electron chi connectivity index (χ1n) is 7.23. The molecule has 0 spiro atoms. The summed E-state index contributed by atoms with van der Waals surface area (Å²) in [5.74, 6) is 2.68. The number of hydrogen-bond acceptors (Lipinski definition) is 6. The van der Waals surface area contributed by atoms with Crippen LogP contribution in [0.4, 0.5) is 11.6 Å². The average molecular weight is 294 g/mol. The van der Waals surface area contributed by atoms with Crippen molar-refractivity contribution in [3.63, 3.8) is 0 Å². The fourth-order valence-electron chi connectivity index (χ4n) is 2.59. The van der Waals surface area contributed by atoms with Crippen LogP contribution in [0.2, 0.25) is 0 Å². The Hall–Kier alpha value is -2.68. The molecular weight excluding hydrogens is 276 g/mol. The average Bonchev–Trinajstić information content (AvgIpc) is 2.44. The van der Waals surface area contributed by atoms with Crippen molar-refractivity contribution >= 4 is 11.6 Å². The summed E-state index contributed by atoms with van der Waals surface area (Å²) in [6.45, 7) is 5.73. The topological polar surface area (TPSA) is 68.9 Å². The maximum Gasteiger partial charge on any atom is 0.132 e. The van der Waals surface area contributed by atoms with E-state index in [2.05, 4.69) is 30.8 Å². The minimum atomic E-state index is 0.399. The first kappa shape index (κ1) is 14.3. The highest BCUT2D eigenvalue weighted by molar-refractivity contribution is 5.49. The summed E-state index contributed by atoms with van der Waals surface area (Å²) in [6, 6.07) is 8.19. The molecule has 1 aliphatic rings. The molecule has 0 aromatic carbocycles. The van der Waals surface area contributed by atoms with Crippen LogP contribution in [0.25, 0.3) is 0 Å². The lowest BCUT2D eigenvalue weighted by Crippen LogP contribution is -2.59. The normalized spacial score (nSPS) is 14.4. The van der Waals surface area contributed by atoms with Gasteiger partial charge in [0.1, 0.15) is 23.5 Å². The summed E-state index contributed by atoms with van der Waals surface area (Å²) < 4.78 is 0. The largest absolute Gasteiger partial charge is 0.353 e. The molecule has 0 radical (unpaired) electrons. The quantitative estimate of drug-likeness (QED) is 0.858. The van der Waals surface area contributed by atoms with Crippen molar-refractivity contribution in [2.45, 2.75) is 19.9 Å². The Morgan fingerprint density at radius 2 is 2.05 bits per heavy atom. The third-order valence-corrected chi connectivity index (χ3v) is 3.92. The van der Waals surface area contributed by atoms with E-state index in [4.69, 9.17) is 5.26 Å². The number of aromatic nitrogens is 3. The van der Waals surface area contributed by atoms with Crippen LogP contribution in [0, 0.1) is 25.2 Å². The number of hydrogen-bond donors (Lipinski definition) is 0. The zero-order chi connectivity index (χ0) is 15.7. The molecule has 0 N–H and O–H groups in total. The zero-order valence-electron chi connectivity index (χ0n) is 13.0. The Bertz CT molecular complexity index is 692. The smallest absolute Gasteiger partial charge is 0.132 e. The van der Waals surface area contributed by atoms with E-state index >= 15 is 0 Å². The summed E-state index contributed by atoms with van der Waals surface area (Å²) in [5, 5.41) is 8.82. The van der Waals surface area contributed by atoms with Crippen LogP contribution in [0.15, 0.2) is 24.4 Å². The Morgan fingerprint density at radius 1 is 1.27 bits per heavy atom. The van der Waals surface area contributed by atoms with Crippen LogP contribution in [0.1, 0.15) is 17.1 Å². The van der Waals surface area contributed by atoms with Crippen molar-refractivity contribution in [3.05, 3.63) is 41.5 Å². The number of rotatable bonds is 3. The number of nitrogens with zero attached hydrogens (tertiary/aromatic N) is 6. The molecule has 0 amide bonds. The monoisotopic (exact) mass is 294 g/mol. The minimum absolute atomic E-state index is 0.399. The highest BCUT2D eigenvalue weighted by atomic mass is 15.3. The molecule has 1 aliphatic heterocycles. The summed E-state index contributed by atoms with van der Waals surface area (Å²) in [4.78, 5) is 17.5. The number of pyridine rings is 1. The van der Waals surface area contributed by atoms with Gasteiger partial charge in [0.05, 0.1) is 11.6 Å². The molecule has 1 saturated heterocycles. The number of anilines is 2. The lowest BCUT2D eigenvalue weighted by atomic mass is 10.1. The minimum Gasteiger partial charge on any atom is -0.353 e. The molecule has 6 heteroatoms. The first-order chi connectivity index (χ1) is 10.6. The van der Waals surface area contributed by atoms with Crippen LogP contribution < -0.4 is 9.80 Å². The van der Waals surface area contributed by atoms with E-state index in [-0.39, 0.29) is 0 Å². The number of aryl methyl sites for hydroxylation is 2. The van der Waals surface area contributed by atoms with E-state index in [0.717, 1.165) is 36.2 Å². The van der Waals surface area contributed by atoms with Crippen molar-refractivity contribution in [2.24, 2.45) is 0 Å². The van der Waals surface area contributed by atoms with E-state index in [1.165, 1.54) is 0 Å². The molecule has 1 fully saturated rings. The van der Waals surface area contributed by atoms with Gasteiger partial charge in [-0.1, -0.05) is 0 Å². The molecule has 22 heavy (non-hydrogen) atoms. The predicted molar refractivity (Wildman–Crippen MR) is 84.9 cm³/mol. The van der Waals surface area contributed by atoms with Crippen molar-refractivity contribution in [2.75, 3.05) is 29.9 Å². The van der Waals surface area contributed by atoms with E-state index in [0.29, 0.717) is 11.6 Å². The van der Waals surface area contributed by atoms with Crippen molar-refractivity contribution in [1.82, 2.24) is 15.0 Å². The fraction of sp³-hybridized carbons (Fsp3) is 0.375. The third kappa shape index (κ3) is 2.70. The molecule has 2 aromatic rings. The molecule has 0 saturated carbocycles. The summed E-state index contributed by atoms with van der Waals surface area (Å²) in [7, 11) is 2.03. The fourth-order valence-corrected chi connectivity index (χ4v) is 2.59. The molecule has 3 rings (SSSR count). The zero-order valence-corrected chi connectivity index (χ0v) is 13.0. The SMILES string of the molecule is Cc1cc(N2CC(N(C)c3ccc(C#N)cn3)C2)nc(C)n1. The van der Waals surface area contributed by atoms with Gasteiger partial charge in [-0.15, -0.1) is 0 Å². The van der Waals surface area contributed by atoms with Gasteiger partial charge in [-0.2, -0.15) is 5.26 Å². The van der Waals surface area contributed by atoms with E-state index in [1.54, 1.807) is 12.3 Å².